The Kier molecular flexibility index (Phi) is 2.68. The van der Waals surface area contributed by atoms with Crippen LogP contribution in [0.25, 0.3) is 10.8 Å². The lowest BCUT2D eigenvalue weighted by atomic mass is 10.1. The lowest BCUT2D eigenvalue weighted by molar-refractivity contribution is 0.415. The Morgan fingerprint density at radius 1 is 1.07 bits per heavy atom. The molecule has 2 rings (SSSR count). The normalized spacial score (nSPS) is 11.1. The highest BCUT2D eigenvalue weighted by molar-refractivity contribution is 5.91. The number of nitrogens with zero attached hydrogens (tertiary/aromatic N) is 1. The fourth-order valence-corrected chi connectivity index (χ4v) is 1.60. The number of benzene rings is 2. The second kappa shape index (κ2) is 4.13. The molecule has 0 radical (unpaired) electrons. The Balaban J connectivity index is 2.54. The fraction of sp³-hybridized carbons (Fsp3) is 0.154. The van der Waals surface area contributed by atoms with Gasteiger partial charge in [-0.25, -0.2) is 0 Å². The lowest BCUT2D eigenvalue weighted by Crippen LogP contribution is -1.84. The minimum Gasteiger partial charge on any atom is -0.497 e. The molecule has 15 heavy (non-hydrogen) atoms. The van der Waals surface area contributed by atoms with Gasteiger partial charge >= 0.3 is 0 Å². The predicted molar refractivity (Wildman–Crippen MR) is 64.0 cm³/mol. The molecule has 2 heteroatoms. The van der Waals surface area contributed by atoms with Gasteiger partial charge in [0, 0.05) is 13.3 Å². The molecule has 0 N–H and O–H groups in total. The lowest BCUT2D eigenvalue weighted by Gasteiger charge is -2.03. The summed E-state index contributed by atoms with van der Waals surface area (Å²) in [6, 6.07) is 12.3. The molecule has 0 aliphatic carbocycles. The van der Waals surface area contributed by atoms with Gasteiger partial charge in [0.2, 0.25) is 0 Å². The summed E-state index contributed by atoms with van der Waals surface area (Å²) in [6.45, 7) is 0. The van der Waals surface area contributed by atoms with E-state index in [0.717, 1.165) is 11.3 Å². The average Bonchev–Trinajstić information content (AvgIpc) is 2.29. The van der Waals surface area contributed by atoms with Crippen molar-refractivity contribution in [2.45, 2.75) is 0 Å². The number of fused-ring (bicyclic) bond motifs is 1. The highest BCUT2D eigenvalue weighted by Crippen LogP contribution is 2.21. The molecule has 0 heterocycles. The van der Waals surface area contributed by atoms with Gasteiger partial charge in [0.15, 0.2) is 0 Å². The summed E-state index contributed by atoms with van der Waals surface area (Å²) in [5.74, 6) is 0.888. The van der Waals surface area contributed by atoms with Gasteiger partial charge in [0.25, 0.3) is 0 Å². The van der Waals surface area contributed by atoms with E-state index in [1.807, 2.05) is 18.3 Å². The molecule has 0 fully saturated rings. The van der Waals surface area contributed by atoms with E-state index in [0.29, 0.717) is 0 Å². The first kappa shape index (κ1) is 9.71. The molecule has 0 atom stereocenters. The molecule has 0 aromatic heterocycles. The van der Waals surface area contributed by atoms with Crippen molar-refractivity contribution in [2.75, 3.05) is 14.2 Å². The topological polar surface area (TPSA) is 21.6 Å². The molecule has 0 bridgehead atoms. The molecule has 2 aromatic carbocycles. The first-order valence-corrected chi connectivity index (χ1v) is 4.83. The first-order valence-electron chi connectivity index (χ1n) is 4.83. The average molecular weight is 199 g/mol. The van der Waals surface area contributed by atoms with Crippen LogP contribution >= 0.6 is 0 Å². The SMILES string of the molecule is C/N=C/c1ccc2cc(OC)ccc2c1. The highest BCUT2D eigenvalue weighted by Gasteiger charge is 1.96. The van der Waals surface area contributed by atoms with Gasteiger partial charge < -0.3 is 4.74 Å². The van der Waals surface area contributed by atoms with Crippen LogP contribution in [0.3, 0.4) is 0 Å². The Bertz CT molecular complexity index is 503. The molecular formula is C13H13NO. The van der Waals surface area contributed by atoms with Gasteiger partial charge in [-0.15, -0.1) is 0 Å². The molecule has 2 aromatic rings. The number of hydrogen-bond donors (Lipinski definition) is 0. The molecular weight excluding hydrogens is 186 g/mol. The summed E-state index contributed by atoms with van der Waals surface area (Å²) in [7, 11) is 3.46. The first-order chi connectivity index (χ1) is 7.33. The zero-order valence-electron chi connectivity index (χ0n) is 8.90. The Labute approximate surface area is 89.2 Å². The van der Waals surface area contributed by atoms with E-state index in [2.05, 4.69) is 29.3 Å². The van der Waals surface area contributed by atoms with Crippen molar-refractivity contribution in [2.24, 2.45) is 4.99 Å². The van der Waals surface area contributed by atoms with Crippen LogP contribution in [-0.4, -0.2) is 20.4 Å². The standard InChI is InChI=1S/C13H13NO/c1-14-9-10-3-4-12-8-13(15-2)6-5-11(12)7-10/h3-9H,1-2H3/b14-9+. The van der Waals surface area contributed by atoms with Crippen LogP contribution in [-0.2, 0) is 0 Å². The van der Waals surface area contributed by atoms with Crippen molar-refractivity contribution in [3.05, 3.63) is 42.0 Å². The zero-order chi connectivity index (χ0) is 10.7. The highest BCUT2D eigenvalue weighted by atomic mass is 16.5. The van der Waals surface area contributed by atoms with Crippen LogP contribution in [0, 0.1) is 0 Å². The van der Waals surface area contributed by atoms with Crippen molar-refractivity contribution in [3.8, 4) is 5.75 Å². The maximum absolute atomic E-state index is 5.17. The van der Waals surface area contributed by atoms with Crippen LogP contribution in [0.1, 0.15) is 5.56 Å². The quantitative estimate of drug-likeness (QED) is 0.681. The summed E-state index contributed by atoms with van der Waals surface area (Å²) in [6.07, 6.45) is 1.85. The van der Waals surface area contributed by atoms with Gasteiger partial charge in [0.05, 0.1) is 7.11 Å². The predicted octanol–water partition coefficient (Wildman–Crippen LogP) is 2.90. The van der Waals surface area contributed by atoms with Crippen molar-refractivity contribution in [1.29, 1.82) is 0 Å². The van der Waals surface area contributed by atoms with Crippen LogP contribution < -0.4 is 4.74 Å². The molecule has 2 nitrogen and oxygen atoms in total. The van der Waals surface area contributed by atoms with Gasteiger partial charge in [-0.05, 0) is 34.5 Å². The largest absolute Gasteiger partial charge is 0.497 e. The summed E-state index contributed by atoms with van der Waals surface area (Å²) < 4.78 is 5.17. The Hall–Kier alpha value is -1.83. The van der Waals surface area contributed by atoms with Crippen LogP contribution in [0.15, 0.2) is 41.4 Å². The van der Waals surface area contributed by atoms with Crippen molar-refractivity contribution < 1.29 is 4.74 Å². The summed E-state index contributed by atoms with van der Waals surface area (Å²) >= 11 is 0. The van der Waals surface area contributed by atoms with E-state index in [-0.39, 0.29) is 0 Å². The second-order valence-electron chi connectivity index (χ2n) is 3.36. The number of rotatable bonds is 2. The van der Waals surface area contributed by atoms with Crippen LogP contribution in [0.5, 0.6) is 5.75 Å². The molecule has 0 aliphatic rings. The van der Waals surface area contributed by atoms with E-state index >= 15 is 0 Å². The third-order valence-electron chi connectivity index (χ3n) is 2.35. The zero-order valence-corrected chi connectivity index (χ0v) is 8.90. The maximum atomic E-state index is 5.17. The van der Waals surface area contributed by atoms with Crippen LogP contribution in [0.2, 0.25) is 0 Å². The van der Waals surface area contributed by atoms with Crippen LogP contribution in [0.4, 0.5) is 0 Å². The van der Waals surface area contributed by atoms with E-state index in [9.17, 15) is 0 Å². The van der Waals surface area contributed by atoms with E-state index in [1.54, 1.807) is 14.2 Å². The fourth-order valence-electron chi connectivity index (χ4n) is 1.60. The molecule has 0 saturated heterocycles. The van der Waals surface area contributed by atoms with Crippen molar-refractivity contribution >= 4 is 17.0 Å². The summed E-state index contributed by atoms with van der Waals surface area (Å²) in [5.41, 5.74) is 1.12. The van der Waals surface area contributed by atoms with Crippen molar-refractivity contribution in [1.82, 2.24) is 0 Å². The second-order valence-corrected chi connectivity index (χ2v) is 3.36. The Morgan fingerprint density at radius 2 is 1.80 bits per heavy atom. The molecule has 76 valence electrons. The number of ether oxygens (including phenoxy) is 1. The van der Waals surface area contributed by atoms with Gasteiger partial charge in [-0.2, -0.15) is 0 Å². The van der Waals surface area contributed by atoms with Crippen molar-refractivity contribution in [3.63, 3.8) is 0 Å². The van der Waals surface area contributed by atoms with E-state index in [1.165, 1.54) is 10.8 Å². The minimum atomic E-state index is 0.888. The molecule has 0 aliphatic heterocycles. The number of methoxy groups -OCH3 is 1. The monoisotopic (exact) mass is 199 g/mol. The minimum absolute atomic E-state index is 0.888. The molecule has 0 saturated carbocycles. The smallest absolute Gasteiger partial charge is 0.119 e. The third kappa shape index (κ3) is 1.99. The maximum Gasteiger partial charge on any atom is 0.119 e. The van der Waals surface area contributed by atoms with Gasteiger partial charge in [-0.3, -0.25) is 4.99 Å². The van der Waals surface area contributed by atoms with Gasteiger partial charge in [0.1, 0.15) is 5.75 Å². The summed E-state index contributed by atoms with van der Waals surface area (Å²) in [4.78, 5) is 4.00. The third-order valence-corrected chi connectivity index (χ3v) is 2.35. The molecule has 0 spiro atoms. The van der Waals surface area contributed by atoms with Gasteiger partial charge in [-0.1, -0.05) is 18.2 Å². The van der Waals surface area contributed by atoms with E-state index < -0.39 is 0 Å². The molecule has 0 unspecified atom stereocenters. The number of aliphatic imine (C=N–C) groups is 1. The molecule has 0 amide bonds. The summed E-state index contributed by atoms with van der Waals surface area (Å²) in [5, 5.41) is 2.39. The van der Waals surface area contributed by atoms with E-state index in [4.69, 9.17) is 4.74 Å². The number of hydrogen-bond acceptors (Lipinski definition) is 2. The Morgan fingerprint density at radius 3 is 2.53 bits per heavy atom.